The van der Waals surface area contributed by atoms with Crippen molar-refractivity contribution in [2.45, 2.75) is 0 Å². The lowest BCUT2D eigenvalue weighted by molar-refractivity contribution is -0.384. The molecule has 7 heteroatoms. The van der Waals surface area contributed by atoms with Gasteiger partial charge in [0, 0.05) is 23.9 Å². The second-order valence-electron chi connectivity index (χ2n) is 4.49. The third-order valence-electron chi connectivity index (χ3n) is 2.95. The van der Waals surface area contributed by atoms with Gasteiger partial charge >= 0.3 is 0 Å². The van der Waals surface area contributed by atoms with Crippen molar-refractivity contribution in [3.8, 4) is 5.75 Å². The number of carbonyl (C=O) groups excluding carboxylic acids is 1. The number of non-ortho nitro benzene ring substituents is 1. The van der Waals surface area contributed by atoms with Crippen molar-refractivity contribution in [2.24, 2.45) is 0 Å². The van der Waals surface area contributed by atoms with Gasteiger partial charge in [-0.25, -0.2) is 0 Å². The molecule has 2 aromatic rings. The van der Waals surface area contributed by atoms with Crippen LogP contribution >= 0.6 is 11.6 Å². The van der Waals surface area contributed by atoms with E-state index in [0.29, 0.717) is 22.0 Å². The Morgan fingerprint density at radius 3 is 2.74 bits per heavy atom. The maximum atomic E-state index is 11.9. The van der Waals surface area contributed by atoms with Crippen LogP contribution in [0.25, 0.3) is 6.08 Å². The molecular weight excluding hydrogens is 320 g/mol. The number of nitrogens with one attached hydrogen (secondary N) is 1. The van der Waals surface area contributed by atoms with E-state index in [2.05, 4.69) is 5.32 Å². The molecule has 0 aliphatic heterocycles. The van der Waals surface area contributed by atoms with Gasteiger partial charge < -0.3 is 10.1 Å². The van der Waals surface area contributed by atoms with E-state index in [1.807, 2.05) is 0 Å². The van der Waals surface area contributed by atoms with E-state index in [0.717, 1.165) is 0 Å². The van der Waals surface area contributed by atoms with Crippen LogP contribution in [0.2, 0.25) is 5.02 Å². The molecular formula is C16H13ClN2O4. The van der Waals surface area contributed by atoms with Crippen molar-refractivity contribution in [2.75, 3.05) is 12.4 Å². The molecule has 0 heterocycles. The summed E-state index contributed by atoms with van der Waals surface area (Å²) in [5.41, 5.74) is 0.869. The fraction of sp³-hybridized carbons (Fsp3) is 0.0625. The first-order chi connectivity index (χ1) is 11.0. The van der Waals surface area contributed by atoms with Gasteiger partial charge in [-0.3, -0.25) is 14.9 Å². The van der Waals surface area contributed by atoms with Crippen LogP contribution in [-0.2, 0) is 4.79 Å². The van der Waals surface area contributed by atoms with Crippen molar-refractivity contribution >= 4 is 35.0 Å². The van der Waals surface area contributed by atoms with Crippen LogP contribution in [0.5, 0.6) is 5.75 Å². The number of rotatable bonds is 5. The highest BCUT2D eigenvalue weighted by Gasteiger charge is 2.07. The Kier molecular flexibility index (Phi) is 5.32. The maximum absolute atomic E-state index is 11.9. The lowest BCUT2D eigenvalue weighted by atomic mass is 10.2. The topological polar surface area (TPSA) is 81.5 Å². The number of carbonyl (C=O) groups is 1. The van der Waals surface area contributed by atoms with Gasteiger partial charge in [0.25, 0.3) is 5.69 Å². The second kappa shape index (κ2) is 7.42. The van der Waals surface area contributed by atoms with Crippen LogP contribution in [-0.4, -0.2) is 17.9 Å². The van der Waals surface area contributed by atoms with Crippen molar-refractivity contribution in [3.05, 3.63) is 69.2 Å². The quantitative estimate of drug-likeness (QED) is 0.511. The van der Waals surface area contributed by atoms with Crippen LogP contribution in [0.15, 0.2) is 48.5 Å². The molecule has 0 atom stereocenters. The fourth-order valence-corrected chi connectivity index (χ4v) is 2.13. The summed E-state index contributed by atoms with van der Waals surface area (Å²) in [7, 11) is 1.50. The predicted octanol–water partition coefficient (Wildman–Crippen LogP) is 3.91. The van der Waals surface area contributed by atoms with Crippen LogP contribution in [0.1, 0.15) is 5.56 Å². The molecule has 2 rings (SSSR count). The Morgan fingerprint density at radius 1 is 1.30 bits per heavy atom. The van der Waals surface area contributed by atoms with E-state index < -0.39 is 10.8 Å². The predicted molar refractivity (Wildman–Crippen MR) is 88.8 cm³/mol. The molecule has 0 aromatic heterocycles. The van der Waals surface area contributed by atoms with E-state index in [1.54, 1.807) is 24.3 Å². The highest BCUT2D eigenvalue weighted by molar-refractivity contribution is 6.33. The third kappa shape index (κ3) is 4.31. The van der Waals surface area contributed by atoms with Crippen LogP contribution in [0, 0.1) is 10.1 Å². The van der Waals surface area contributed by atoms with E-state index >= 15 is 0 Å². The summed E-state index contributed by atoms with van der Waals surface area (Å²) in [6.07, 6.45) is 2.83. The number of nitrogens with zero attached hydrogens (tertiary/aromatic N) is 1. The van der Waals surface area contributed by atoms with Gasteiger partial charge in [-0.15, -0.1) is 0 Å². The van der Waals surface area contributed by atoms with Gasteiger partial charge in [0.1, 0.15) is 5.75 Å². The number of amides is 1. The molecule has 0 fully saturated rings. The molecule has 0 radical (unpaired) electrons. The zero-order valence-corrected chi connectivity index (χ0v) is 12.9. The Bertz CT molecular complexity index is 774. The zero-order chi connectivity index (χ0) is 16.8. The first kappa shape index (κ1) is 16.5. The van der Waals surface area contributed by atoms with E-state index in [1.165, 1.54) is 37.5 Å². The minimum absolute atomic E-state index is 0.0948. The number of halogens is 1. The molecule has 0 aliphatic carbocycles. The van der Waals surface area contributed by atoms with Crippen molar-refractivity contribution in [1.82, 2.24) is 0 Å². The van der Waals surface area contributed by atoms with E-state index in [4.69, 9.17) is 16.3 Å². The molecule has 0 aliphatic rings. The molecule has 23 heavy (non-hydrogen) atoms. The van der Waals surface area contributed by atoms with Crippen LogP contribution < -0.4 is 10.1 Å². The molecule has 6 nitrogen and oxygen atoms in total. The number of hydrogen-bond acceptors (Lipinski definition) is 4. The summed E-state index contributed by atoms with van der Waals surface area (Å²) in [6.45, 7) is 0. The highest BCUT2D eigenvalue weighted by atomic mass is 35.5. The standard InChI is InChI=1S/C16H13ClN2O4/c1-23-14-7-2-4-11(16(14)17)8-9-15(20)18-12-5-3-6-13(10-12)19(21)22/h2-10H,1H3,(H,18,20)/b9-8+. The number of nitro groups is 1. The Balaban J connectivity index is 2.11. The minimum atomic E-state index is -0.526. The molecule has 1 N–H and O–H groups in total. The first-order valence-corrected chi connectivity index (χ1v) is 6.95. The van der Waals surface area contributed by atoms with Crippen LogP contribution in [0.4, 0.5) is 11.4 Å². The SMILES string of the molecule is COc1cccc(/C=C/C(=O)Nc2cccc([N+](=O)[O-])c2)c1Cl. The Hall–Kier alpha value is -2.86. The number of hydrogen-bond donors (Lipinski definition) is 1. The van der Waals surface area contributed by atoms with Gasteiger partial charge in [-0.05, 0) is 23.8 Å². The molecule has 0 spiro atoms. The van der Waals surface area contributed by atoms with Crippen LogP contribution in [0.3, 0.4) is 0 Å². The number of anilines is 1. The Morgan fingerprint density at radius 2 is 2.04 bits per heavy atom. The molecule has 0 saturated carbocycles. The molecule has 0 unspecified atom stereocenters. The monoisotopic (exact) mass is 332 g/mol. The summed E-state index contributed by atoms with van der Waals surface area (Å²) in [5.74, 6) is 0.0808. The van der Waals surface area contributed by atoms with Gasteiger partial charge in [0.2, 0.25) is 5.91 Å². The molecule has 118 valence electrons. The summed E-state index contributed by atoms with van der Waals surface area (Å²) in [5, 5.41) is 13.6. The summed E-state index contributed by atoms with van der Waals surface area (Å²) in [4.78, 5) is 22.1. The van der Waals surface area contributed by atoms with Crippen molar-refractivity contribution < 1.29 is 14.5 Å². The molecule has 2 aromatic carbocycles. The van der Waals surface area contributed by atoms with Gasteiger partial charge in [-0.1, -0.05) is 29.8 Å². The molecule has 0 bridgehead atoms. The number of ether oxygens (including phenoxy) is 1. The van der Waals surface area contributed by atoms with Crippen molar-refractivity contribution in [1.29, 1.82) is 0 Å². The lowest BCUT2D eigenvalue weighted by Crippen LogP contribution is -2.07. The second-order valence-corrected chi connectivity index (χ2v) is 4.87. The summed E-state index contributed by atoms with van der Waals surface area (Å²) < 4.78 is 5.09. The third-order valence-corrected chi connectivity index (χ3v) is 3.36. The van der Waals surface area contributed by atoms with Gasteiger partial charge in [0.15, 0.2) is 0 Å². The lowest BCUT2D eigenvalue weighted by Gasteiger charge is -2.05. The summed E-state index contributed by atoms with van der Waals surface area (Å²) >= 11 is 6.13. The van der Waals surface area contributed by atoms with Gasteiger partial charge in [-0.2, -0.15) is 0 Å². The average molecular weight is 333 g/mol. The fourth-order valence-electron chi connectivity index (χ4n) is 1.86. The molecule has 1 amide bonds. The van der Waals surface area contributed by atoms with E-state index in [9.17, 15) is 14.9 Å². The zero-order valence-electron chi connectivity index (χ0n) is 12.2. The number of benzene rings is 2. The number of nitro benzene ring substituents is 1. The van der Waals surface area contributed by atoms with Gasteiger partial charge in [0.05, 0.1) is 17.1 Å². The molecule has 0 saturated heterocycles. The van der Waals surface area contributed by atoms with E-state index in [-0.39, 0.29) is 5.69 Å². The minimum Gasteiger partial charge on any atom is -0.495 e. The summed E-state index contributed by atoms with van der Waals surface area (Å²) in [6, 6.07) is 10.9. The Labute approximate surface area is 137 Å². The highest BCUT2D eigenvalue weighted by Crippen LogP contribution is 2.28. The smallest absolute Gasteiger partial charge is 0.271 e. The largest absolute Gasteiger partial charge is 0.495 e. The normalized spacial score (nSPS) is 10.5. The maximum Gasteiger partial charge on any atom is 0.271 e. The first-order valence-electron chi connectivity index (χ1n) is 6.57. The average Bonchev–Trinajstić information content (AvgIpc) is 2.54. The van der Waals surface area contributed by atoms with Crippen molar-refractivity contribution in [3.63, 3.8) is 0 Å². The number of methoxy groups -OCH3 is 1.